The first-order chi connectivity index (χ1) is 17.4. The largest absolute Gasteiger partial charge is 0.478 e. The molecule has 1 unspecified atom stereocenters. The summed E-state index contributed by atoms with van der Waals surface area (Å²) in [4.78, 5) is 47.4. The number of ether oxygens (including phenoxy) is 1. The Balaban J connectivity index is 1.43. The number of fused-ring (bicyclic) bond motifs is 1. The van der Waals surface area contributed by atoms with Gasteiger partial charge in [-0.15, -0.1) is 16.2 Å². The molecule has 3 aromatic rings. The van der Waals surface area contributed by atoms with Gasteiger partial charge in [0, 0.05) is 28.0 Å². The number of nitrogens with one attached hydrogen (secondary N) is 2. The van der Waals surface area contributed by atoms with Crippen LogP contribution < -0.4 is 15.4 Å². The summed E-state index contributed by atoms with van der Waals surface area (Å²) < 4.78 is 5.82. The summed E-state index contributed by atoms with van der Waals surface area (Å²) in [5.74, 6) is -3.11. The zero-order valence-electron chi connectivity index (χ0n) is 19.5. The van der Waals surface area contributed by atoms with Crippen LogP contribution in [0.5, 0.6) is 11.5 Å². The van der Waals surface area contributed by atoms with Gasteiger partial charge in [0.1, 0.15) is 11.5 Å². The van der Waals surface area contributed by atoms with Crippen LogP contribution in [0.2, 0.25) is 0 Å². The zero-order chi connectivity index (χ0) is 25.7. The summed E-state index contributed by atoms with van der Waals surface area (Å²) in [6.45, 7) is 3.14. The predicted octanol–water partition coefficient (Wildman–Crippen LogP) is 4.18. The molecule has 10 heteroatoms. The van der Waals surface area contributed by atoms with Crippen LogP contribution in [0.15, 0.2) is 59.8 Å². The van der Waals surface area contributed by atoms with E-state index in [1.807, 2.05) is 54.6 Å². The molecule has 0 radical (unpaired) electrons. The van der Waals surface area contributed by atoms with Crippen LogP contribution in [-0.2, 0) is 22.6 Å². The number of benzene rings is 2. The number of hydrogen-bond acceptors (Lipinski definition) is 8. The van der Waals surface area contributed by atoms with E-state index in [1.165, 1.54) is 18.3 Å². The third kappa shape index (κ3) is 5.56. The molecule has 3 N–H and O–H groups in total. The summed E-state index contributed by atoms with van der Waals surface area (Å²) in [5, 5.41) is 18.8. The third-order valence-corrected chi connectivity index (χ3v) is 7.55. The van der Waals surface area contributed by atoms with Crippen molar-refractivity contribution in [2.45, 2.75) is 31.8 Å². The topological polar surface area (TPSA) is 134 Å². The van der Waals surface area contributed by atoms with Gasteiger partial charge < -0.3 is 20.5 Å². The minimum absolute atomic E-state index is 0.0510. The van der Waals surface area contributed by atoms with Gasteiger partial charge in [-0.1, -0.05) is 30.3 Å². The van der Waals surface area contributed by atoms with Crippen LogP contribution in [-0.4, -0.2) is 35.9 Å². The molecule has 0 saturated heterocycles. The lowest BCUT2D eigenvalue weighted by Crippen LogP contribution is -2.36. The van der Waals surface area contributed by atoms with Gasteiger partial charge >= 0.3 is 11.9 Å². The van der Waals surface area contributed by atoms with Crippen molar-refractivity contribution in [3.63, 3.8) is 0 Å². The van der Waals surface area contributed by atoms with Gasteiger partial charge in [-0.2, -0.15) is 0 Å². The van der Waals surface area contributed by atoms with Crippen molar-refractivity contribution < 1.29 is 24.2 Å². The quantitative estimate of drug-likeness (QED) is 0.275. The standard InChI is InChI=1S/C26H25N3O6S/c1-15(22(30)25(31)29-34)23-21(26(32)33)19-11-12-28-20(24(19)36-23)14-27-13-16-7-9-18(10-8-16)35-17-5-3-2-4-6-17/h2-10,15,20,27-28H,11-14H2,1H3,(H,32,33)/t15-,20?/m0/s1. The molecule has 2 atom stereocenters. The van der Waals surface area contributed by atoms with E-state index in [0.717, 1.165) is 21.9 Å². The molecule has 1 aliphatic heterocycles. The lowest BCUT2D eigenvalue weighted by atomic mass is 9.93. The summed E-state index contributed by atoms with van der Waals surface area (Å²) in [7, 11) is 0. The van der Waals surface area contributed by atoms with E-state index in [-0.39, 0.29) is 16.5 Å². The highest BCUT2D eigenvalue weighted by atomic mass is 32.1. The lowest BCUT2D eigenvalue weighted by molar-refractivity contribution is -0.136. The Bertz CT molecular complexity index is 1270. The molecule has 4 rings (SSSR count). The number of thiophene rings is 1. The normalized spacial score (nSPS) is 15.5. The number of carboxylic acids is 1. The lowest BCUT2D eigenvalue weighted by Gasteiger charge is -2.24. The number of rotatable bonds is 10. The Morgan fingerprint density at radius 3 is 2.50 bits per heavy atom. The number of Topliss-reactive ketones (excluding diaryl/α,β-unsaturated/α-hetero) is 1. The highest BCUT2D eigenvalue weighted by Crippen LogP contribution is 2.40. The van der Waals surface area contributed by atoms with Crippen molar-refractivity contribution in [3.8, 4) is 11.5 Å². The van der Waals surface area contributed by atoms with E-state index in [1.54, 1.807) is 0 Å². The van der Waals surface area contributed by atoms with Crippen molar-refractivity contribution in [3.05, 3.63) is 85.9 Å². The molecule has 0 saturated carbocycles. The Hall–Kier alpha value is -3.73. The number of aromatic carboxylic acids is 1. The van der Waals surface area contributed by atoms with Gasteiger partial charge in [0.25, 0.3) is 0 Å². The Morgan fingerprint density at radius 2 is 1.83 bits per heavy atom. The van der Waals surface area contributed by atoms with Gasteiger partial charge in [0.15, 0.2) is 0 Å². The van der Waals surface area contributed by atoms with Gasteiger partial charge in [-0.3, -0.25) is 9.59 Å². The molecule has 0 aliphatic carbocycles. The Morgan fingerprint density at radius 1 is 1.14 bits per heavy atom. The highest BCUT2D eigenvalue weighted by Gasteiger charge is 2.35. The summed E-state index contributed by atoms with van der Waals surface area (Å²) in [6, 6.07) is 17.1. The number of para-hydroxylation sites is 1. The monoisotopic (exact) mass is 507 g/mol. The third-order valence-electron chi connectivity index (χ3n) is 6.02. The molecule has 186 valence electrons. The van der Waals surface area contributed by atoms with E-state index < -0.39 is 23.6 Å². The number of ketones is 1. The van der Waals surface area contributed by atoms with Gasteiger partial charge in [0.2, 0.25) is 5.78 Å². The maximum Gasteiger partial charge on any atom is 0.352 e. The second-order valence-electron chi connectivity index (χ2n) is 8.42. The number of hydrogen-bond donors (Lipinski definition) is 3. The van der Waals surface area contributed by atoms with Crippen molar-refractivity contribution >= 4 is 29.0 Å². The first-order valence-corrected chi connectivity index (χ1v) is 12.3. The molecule has 0 spiro atoms. The summed E-state index contributed by atoms with van der Waals surface area (Å²) in [5.41, 5.74) is 1.78. The number of nitroso groups, excluding NO2 is 1. The first kappa shape index (κ1) is 25.4. The molecule has 2 heterocycles. The highest BCUT2D eigenvalue weighted by molar-refractivity contribution is 7.13. The van der Waals surface area contributed by atoms with Crippen LogP contribution in [0.1, 0.15) is 50.1 Å². The van der Waals surface area contributed by atoms with Crippen LogP contribution in [0.25, 0.3) is 0 Å². The van der Waals surface area contributed by atoms with E-state index in [4.69, 9.17) is 4.74 Å². The SMILES string of the molecule is C[C@@H](C(=O)C(=O)N=O)c1sc2c(c1C(=O)O)CCNC2CNCc1ccc(Oc2ccccc2)cc1. The van der Waals surface area contributed by atoms with Crippen LogP contribution in [0, 0.1) is 4.91 Å². The van der Waals surface area contributed by atoms with E-state index in [0.29, 0.717) is 31.6 Å². The van der Waals surface area contributed by atoms with Crippen molar-refractivity contribution in [2.24, 2.45) is 5.18 Å². The van der Waals surface area contributed by atoms with Crippen molar-refractivity contribution in [1.29, 1.82) is 0 Å². The maximum absolute atomic E-state index is 12.2. The second-order valence-corrected chi connectivity index (χ2v) is 9.50. The molecule has 1 aliphatic rings. The minimum atomic E-state index is -1.40. The predicted molar refractivity (Wildman–Crippen MR) is 135 cm³/mol. The number of carbonyl (C=O) groups is 3. The fourth-order valence-corrected chi connectivity index (χ4v) is 5.68. The Labute approximate surface area is 211 Å². The van der Waals surface area contributed by atoms with Gasteiger partial charge in [-0.05, 0) is 55.3 Å². The fraction of sp³-hybridized carbons (Fsp3) is 0.269. The average molecular weight is 508 g/mol. The first-order valence-electron chi connectivity index (χ1n) is 11.4. The minimum Gasteiger partial charge on any atom is -0.478 e. The average Bonchev–Trinajstić information content (AvgIpc) is 3.30. The maximum atomic E-state index is 12.2. The molecule has 0 bridgehead atoms. The van der Waals surface area contributed by atoms with E-state index in [2.05, 4.69) is 15.8 Å². The molecule has 1 aromatic heterocycles. The molecule has 0 fully saturated rings. The number of nitrogens with zero attached hydrogens (tertiary/aromatic N) is 1. The summed E-state index contributed by atoms with van der Waals surface area (Å²) >= 11 is 1.20. The number of amides is 1. The number of carbonyl (C=O) groups excluding carboxylic acids is 2. The zero-order valence-corrected chi connectivity index (χ0v) is 20.3. The van der Waals surface area contributed by atoms with Gasteiger partial charge in [-0.25, -0.2) is 4.79 Å². The van der Waals surface area contributed by atoms with Crippen LogP contribution >= 0.6 is 11.3 Å². The molecular weight excluding hydrogens is 482 g/mol. The van der Waals surface area contributed by atoms with E-state index in [9.17, 15) is 24.4 Å². The molecule has 2 aromatic carbocycles. The smallest absolute Gasteiger partial charge is 0.352 e. The molecule has 9 nitrogen and oxygen atoms in total. The van der Waals surface area contributed by atoms with E-state index >= 15 is 0 Å². The molecule has 1 amide bonds. The molecule has 36 heavy (non-hydrogen) atoms. The van der Waals surface area contributed by atoms with Crippen LogP contribution in [0.4, 0.5) is 0 Å². The van der Waals surface area contributed by atoms with Crippen LogP contribution in [0.3, 0.4) is 0 Å². The second kappa shape index (κ2) is 11.3. The fourth-order valence-electron chi connectivity index (χ4n) is 4.21. The molecular formula is C26H25N3O6S. The number of carboxylic acid groups (broad SMARTS) is 1. The van der Waals surface area contributed by atoms with Crippen molar-refractivity contribution in [1.82, 2.24) is 10.6 Å². The van der Waals surface area contributed by atoms with Crippen molar-refractivity contribution in [2.75, 3.05) is 13.1 Å². The van der Waals surface area contributed by atoms with Gasteiger partial charge in [0.05, 0.1) is 17.5 Å². The Kier molecular flexibility index (Phi) is 7.99. The summed E-state index contributed by atoms with van der Waals surface area (Å²) in [6.07, 6.45) is 0.494.